The van der Waals surface area contributed by atoms with Gasteiger partial charge in [0, 0.05) is 72.6 Å². The number of piperidine rings is 2. The molecular weight excluding hydrogens is 845 g/mol. The summed E-state index contributed by atoms with van der Waals surface area (Å²) in [6, 6.07) is 24.0. The number of carboxylic acids is 1. The molecule has 0 radical (unpaired) electrons. The molecule has 312 valence electrons. The Balaban J connectivity index is 0.000000140. The molecule has 1 amide bonds. The summed E-state index contributed by atoms with van der Waals surface area (Å²) in [7, 11) is 0. The number of aromatic nitrogens is 6. The van der Waals surface area contributed by atoms with Crippen LogP contribution in [0.2, 0.25) is 0 Å². The normalized spacial score (nSPS) is 14.4. The molecule has 0 aliphatic carbocycles. The van der Waals surface area contributed by atoms with E-state index in [-0.39, 0.29) is 11.6 Å². The molecule has 0 unspecified atom stereocenters. The van der Waals surface area contributed by atoms with Crippen LogP contribution >= 0.6 is 45.3 Å². The van der Waals surface area contributed by atoms with Gasteiger partial charge >= 0.3 is 5.97 Å². The number of amides is 1. The molecule has 8 aromatic rings. The van der Waals surface area contributed by atoms with E-state index in [0.717, 1.165) is 88.7 Å². The molecule has 17 heteroatoms. The number of nitrogen functional groups attached to an aromatic ring is 1. The van der Waals surface area contributed by atoms with Gasteiger partial charge in [-0.3, -0.25) is 4.79 Å². The van der Waals surface area contributed by atoms with Crippen LogP contribution in [0.5, 0.6) is 0 Å². The number of nitrogens with zero attached hydrogens (tertiary/aromatic N) is 6. The van der Waals surface area contributed by atoms with E-state index in [1.54, 1.807) is 40.7 Å². The minimum Gasteiger partial charge on any atom is -0.476 e. The van der Waals surface area contributed by atoms with Crippen LogP contribution in [0.3, 0.4) is 0 Å². The minimum atomic E-state index is -0.973. The lowest BCUT2D eigenvalue weighted by atomic mass is 9.93. The number of nitrogens with two attached hydrogens (primary N) is 1. The zero-order valence-corrected chi connectivity index (χ0v) is 36.3. The number of benzene rings is 2. The van der Waals surface area contributed by atoms with Gasteiger partial charge < -0.3 is 35.9 Å². The molecule has 2 aliphatic heterocycles. The van der Waals surface area contributed by atoms with Crippen LogP contribution in [0.25, 0.3) is 19.8 Å². The van der Waals surface area contributed by atoms with E-state index in [1.165, 1.54) is 39.7 Å². The maximum Gasteiger partial charge on any atom is 0.355 e. The number of carbonyl (C=O) groups is 2. The molecule has 6 aromatic heterocycles. The van der Waals surface area contributed by atoms with Gasteiger partial charge in [-0.2, -0.15) is 0 Å². The summed E-state index contributed by atoms with van der Waals surface area (Å²) in [5, 5.41) is 20.7. The van der Waals surface area contributed by atoms with Gasteiger partial charge in [0.15, 0.2) is 5.69 Å². The summed E-state index contributed by atoms with van der Waals surface area (Å²) in [5.74, 6) is -0.0298. The van der Waals surface area contributed by atoms with Crippen LogP contribution in [0.1, 0.15) is 69.9 Å². The summed E-state index contributed by atoms with van der Waals surface area (Å²) >= 11 is 6.04. The molecule has 0 atom stereocenters. The van der Waals surface area contributed by atoms with Crippen LogP contribution < -0.4 is 20.9 Å². The van der Waals surface area contributed by atoms with Gasteiger partial charge in [-0.05, 0) is 72.8 Å². The predicted molar refractivity (Wildman–Crippen MR) is 249 cm³/mol. The number of aromatic amines is 2. The number of rotatable bonds is 9. The van der Waals surface area contributed by atoms with E-state index >= 15 is 0 Å². The Kier molecular flexibility index (Phi) is 13.6. The summed E-state index contributed by atoms with van der Waals surface area (Å²) < 4.78 is 0. The minimum absolute atomic E-state index is 0.119. The Morgan fingerprint density at radius 1 is 0.656 bits per heavy atom. The molecular formula is C44H44N10O3S4. The summed E-state index contributed by atoms with van der Waals surface area (Å²) in [6.45, 7) is 3.99. The third-order valence-corrected chi connectivity index (χ3v) is 14.4. The molecule has 0 saturated carbocycles. The monoisotopic (exact) mass is 888 g/mol. The molecule has 2 aromatic carbocycles. The van der Waals surface area contributed by atoms with Crippen molar-refractivity contribution in [1.82, 2.24) is 29.9 Å². The molecule has 0 bridgehead atoms. The third-order valence-electron chi connectivity index (χ3n) is 10.6. The number of thiazole rings is 2. The Hall–Kier alpha value is -6.14. The van der Waals surface area contributed by atoms with Crippen molar-refractivity contribution in [3.63, 3.8) is 0 Å². The molecule has 8 heterocycles. The number of hydrogen-bond donors (Lipinski definition) is 5. The first-order valence-corrected chi connectivity index (χ1v) is 23.3. The third kappa shape index (κ3) is 10.4. The number of imidazole rings is 2. The maximum atomic E-state index is 12.8. The fraction of sp³-hybridized carbons (Fsp3) is 0.227. The van der Waals surface area contributed by atoms with E-state index < -0.39 is 5.97 Å². The van der Waals surface area contributed by atoms with E-state index in [0.29, 0.717) is 17.5 Å². The van der Waals surface area contributed by atoms with Crippen LogP contribution in [0.15, 0.2) is 119 Å². The quantitative estimate of drug-likeness (QED) is 0.0875. The number of hydrogen-bond acceptors (Lipinski definition) is 13. The number of para-hydroxylation sites is 4. The standard InChI is InChI=1S/C22H21N5OS2.C14H18N4.C8H5NO2S2/c28-21(18-13-30-22(26-18)20-6-3-11-29-20)25-16-4-1-2-5-19(16)27-9-7-15(8-10-27)17-12-23-14-24-17;15-12-3-1-2-4-14(12)18-7-5-11(6-8-18)13-9-16-10-17-13;10-8(11)5-4-13-7(9-5)6-2-1-3-12-6/h1-6,11-15H,7-10H2,(H,23,24)(H,25,28);1-4,9-11H,5-8,15H2,(H,16,17);1-4H,(H,10,11). The largest absolute Gasteiger partial charge is 0.476 e. The highest BCUT2D eigenvalue weighted by atomic mass is 32.1. The Morgan fingerprint density at radius 2 is 1.16 bits per heavy atom. The van der Waals surface area contributed by atoms with Gasteiger partial charge in [-0.25, -0.2) is 24.7 Å². The van der Waals surface area contributed by atoms with Crippen molar-refractivity contribution in [2.75, 3.05) is 47.0 Å². The van der Waals surface area contributed by atoms with Gasteiger partial charge in [0.2, 0.25) is 0 Å². The highest BCUT2D eigenvalue weighted by Gasteiger charge is 2.25. The molecule has 13 nitrogen and oxygen atoms in total. The average molecular weight is 889 g/mol. The fourth-order valence-corrected chi connectivity index (χ4v) is 10.7. The highest BCUT2D eigenvalue weighted by Crippen LogP contribution is 2.35. The lowest BCUT2D eigenvalue weighted by Gasteiger charge is -2.34. The second-order valence-electron chi connectivity index (χ2n) is 14.4. The number of anilines is 4. The van der Waals surface area contributed by atoms with Crippen molar-refractivity contribution in [2.45, 2.75) is 37.5 Å². The van der Waals surface area contributed by atoms with Crippen LogP contribution in [0, 0.1) is 0 Å². The van der Waals surface area contributed by atoms with E-state index in [1.807, 2.05) is 89.2 Å². The van der Waals surface area contributed by atoms with Crippen molar-refractivity contribution < 1.29 is 14.7 Å². The van der Waals surface area contributed by atoms with Gasteiger partial charge in [-0.15, -0.1) is 45.3 Å². The zero-order chi connectivity index (χ0) is 42.0. The first-order valence-electron chi connectivity index (χ1n) is 19.8. The number of carbonyl (C=O) groups excluding carboxylic acids is 1. The Morgan fingerprint density at radius 3 is 1.66 bits per heavy atom. The number of H-pyrrole nitrogens is 2. The van der Waals surface area contributed by atoms with Gasteiger partial charge in [-0.1, -0.05) is 36.4 Å². The molecule has 6 N–H and O–H groups in total. The topological polar surface area (TPSA) is 182 Å². The SMILES string of the molecule is Nc1ccccc1N1CCC(c2cnc[nH]2)CC1.O=C(Nc1ccccc1N1CCC(c2cnc[nH]2)CC1)c1csc(-c2cccs2)n1.O=C(O)c1csc(-c2cccs2)n1. The number of thiophene rings is 2. The summed E-state index contributed by atoms with van der Waals surface area (Å²) in [4.78, 5) is 53.4. The lowest BCUT2D eigenvalue weighted by molar-refractivity contribution is 0.0691. The molecule has 0 spiro atoms. The van der Waals surface area contributed by atoms with Crippen molar-refractivity contribution in [3.05, 3.63) is 142 Å². The highest BCUT2D eigenvalue weighted by molar-refractivity contribution is 7.20. The Labute approximate surface area is 369 Å². The number of aromatic carboxylic acids is 1. The van der Waals surface area contributed by atoms with E-state index in [4.69, 9.17) is 10.8 Å². The fourth-order valence-electron chi connectivity index (χ4n) is 7.44. The maximum absolute atomic E-state index is 12.8. The van der Waals surface area contributed by atoms with Crippen LogP contribution in [-0.2, 0) is 0 Å². The second-order valence-corrected chi connectivity index (χ2v) is 18.0. The van der Waals surface area contributed by atoms with Crippen molar-refractivity contribution in [1.29, 1.82) is 0 Å². The Bertz CT molecular complexity index is 2570. The van der Waals surface area contributed by atoms with E-state index in [2.05, 4.69) is 57.2 Å². The van der Waals surface area contributed by atoms with Crippen LogP contribution in [0.4, 0.5) is 22.7 Å². The first-order chi connectivity index (χ1) is 29.9. The van der Waals surface area contributed by atoms with Gasteiger partial charge in [0.05, 0.1) is 45.2 Å². The number of nitrogens with one attached hydrogen (secondary N) is 3. The molecule has 61 heavy (non-hydrogen) atoms. The number of carboxylic acid groups (broad SMARTS) is 1. The van der Waals surface area contributed by atoms with Crippen molar-refractivity contribution in [3.8, 4) is 19.8 Å². The predicted octanol–water partition coefficient (Wildman–Crippen LogP) is 10.2. The van der Waals surface area contributed by atoms with Crippen molar-refractivity contribution >= 4 is 80.0 Å². The van der Waals surface area contributed by atoms with E-state index in [9.17, 15) is 9.59 Å². The average Bonchev–Trinajstić information content (AvgIpc) is 4.15. The lowest BCUT2D eigenvalue weighted by Crippen LogP contribution is -2.33. The first kappa shape index (κ1) is 41.6. The van der Waals surface area contributed by atoms with Gasteiger partial charge in [0.25, 0.3) is 5.91 Å². The van der Waals surface area contributed by atoms with Crippen molar-refractivity contribution in [2.24, 2.45) is 0 Å². The zero-order valence-electron chi connectivity index (χ0n) is 33.0. The molecule has 2 fully saturated rings. The summed E-state index contributed by atoms with van der Waals surface area (Å²) in [6.07, 6.45) is 11.8. The smallest absolute Gasteiger partial charge is 0.355 e. The second kappa shape index (κ2) is 19.9. The molecule has 10 rings (SSSR count). The van der Waals surface area contributed by atoms with Crippen LogP contribution in [-0.4, -0.2) is 73.1 Å². The molecule has 2 aliphatic rings. The summed E-state index contributed by atoms with van der Waals surface area (Å²) in [5.41, 5.74) is 13.0. The van der Waals surface area contributed by atoms with Gasteiger partial charge in [0.1, 0.15) is 15.7 Å². The molecule has 2 saturated heterocycles.